The van der Waals surface area contributed by atoms with Gasteiger partial charge >= 0.3 is 17.1 Å². The molecule has 162 valence electrons. The Balaban J connectivity index is 2.21. The average molecular weight is 462 g/mol. The van der Waals surface area contributed by atoms with Crippen molar-refractivity contribution in [3.8, 4) is 0 Å². The molecule has 0 radical (unpaired) electrons. The number of benzene rings is 2. The van der Waals surface area contributed by atoms with Gasteiger partial charge in [0, 0.05) is 6.07 Å². The Labute approximate surface area is 187 Å². The molecule has 31 heavy (non-hydrogen) atoms. The number of ether oxygens (including phenoxy) is 1. The van der Waals surface area contributed by atoms with Crippen LogP contribution in [0, 0.1) is 15.7 Å². The van der Waals surface area contributed by atoms with Crippen LogP contribution in [0.15, 0.2) is 54.6 Å². The number of hydrogen-bond donors (Lipinski definition) is 2. The Bertz CT molecular complexity index is 1130. The molecule has 0 saturated carbocycles. The van der Waals surface area contributed by atoms with E-state index < -0.39 is 28.3 Å². The fourth-order valence-electron chi connectivity index (χ4n) is 3.00. The van der Waals surface area contributed by atoms with E-state index in [1.165, 1.54) is 18.2 Å². The topological polar surface area (TPSA) is 98.1 Å². The van der Waals surface area contributed by atoms with Crippen LogP contribution in [0.4, 0.5) is 20.0 Å². The summed E-state index contributed by atoms with van der Waals surface area (Å²) in [4.78, 5) is 27.3. The molecule has 0 saturated heterocycles. The number of imide groups is 1. The zero-order chi connectivity index (χ0) is 22.6. The lowest BCUT2D eigenvalue weighted by atomic mass is 10.0. The fourth-order valence-corrected chi connectivity index (χ4v) is 4.01. The maximum absolute atomic E-state index is 15.0. The van der Waals surface area contributed by atoms with Crippen molar-refractivity contribution < 1.29 is 18.7 Å². The van der Waals surface area contributed by atoms with Gasteiger partial charge in [0.2, 0.25) is 0 Å². The van der Waals surface area contributed by atoms with Crippen LogP contribution < -0.4 is 10.2 Å². The number of rotatable bonds is 6. The predicted molar refractivity (Wildman–Crippen MR) is 120 cm³/mol. The van der Waals surface area contributed by atoms with Crippen molar-refractivity contribution in [1.29, 1.82) is 0 Å². The van der Waals surface area contributed by atoms with Crippen LogP contribution >= 0.6 is 23.6 Å². The number of H-pyrrole nitrogens is 1. The quantitative estimate of drug-likeness (QED) is 0.403. The summed E-state index contributed by atoms with van der Waals surface area (Å²) in [5.74, 6) is -1.87. The Morgan fingerprint density at radius 3 is 2.42 bits per heavy atom. The number of aromatic amines is 1. The Kier molecular flexibility index (Phi) is 7.06. The van der Waals surface area contributed by atoms with E-state index in [1.807, 2.05) is 6.07 Å². The van der Waals surface area contributed by atoms with Crippen LogP contribution in [0.5, 0.6) is 0 Å². The molecule has 1 unspecified atom stereocenters. The van der Waals surface area contributed by atoms with E-state index >= 15 is 4.39 Å². The molecule has 3 rings (SSSR count). The Hall–Kier alpha value is -2.79. The highest BCUT2D eigenvalue weighted by Crippen LogP contribution is 2.40. The lowest BCUT2D eigenvalue weighted by Crippen LogP contribution is -2.61. The van der Waals surface area contributed by atoms with Gasteiger partial charge in [-0.3, -0.25) is 5.10 Å². The number of nitrogens with zero attached hydrogens (tertiary/aromatic N) is 2. The maximum Gasteiger partial charge on any atom is 0.536 e. The van der Waals surface area contributed by atoms with Crippen LogP contribution in [-0.4, -0.2) is 28.2 Å². The number of para-hydroxylation sites is 1. The lowest BCUT2D eigenvalue weighted by molar-refractivity contribution is -0.128. The second-order valence-electron chi connectivity index (χ2n) is 7.17. The lowest BCUT2D eigenvalue weighted by Gasteiger charge is -2.31. The molecule has 0 fully saturated rings. The van der Waals surface area contributed by atoms with Crippen LogP contribution in [0.25, 0.3) is 0 Å². The normalized spacial score (nSPS) is 14.1. The van der Waals surface area contributed by atoms with Gasteiger partial charge < -0.3 is 10.5 Å². The van der Waals surface area contributed by atoms with Crippen LogP contribution in [0.1, 0.15) is 19.4 Å². The van der Waals surface area contributed by atoms with Crippen molar-refractivity contribution in [1.82, 2.24) is 14.7 Å². The largest absolute Gasteiger partial charge is 0.536 e. The van der Waals surface area contributed by atoms with Crippen molar-refractivity contribution in [2.45, 2.75) is 26.5 Å². The van der Waals surface area contributed by atoms with Crippen molar-refractivity contribution in [2.24, 2.45) is 11.7 Å². The number of quaternary nitrogens is 1. The number of nitrogens with one attached hydrogen (secondary N) is 1. The van der Waals surface area contributed by atoms with E-state index in [0.717, 1.165) is 17.4 Å². The first kappa shape index (κ1) is 22.9. The molecule has 1 heterocycles. The molecule has 0 aliphatic rings. The van der Waals surface area contributed by atoms with Crippen LogP contribution in [0.3, 0.4) is 0 Å². The summed E-state index contributed by atoms with van der Waals surface area (Å²) in [6.45, 7) is 3.36. The van der Waals surface area contributed by atoms with Gasteiger partial charge in [-0.25, -0.2) is 9.18 Å². The predicted octanol–water partition coefficient (Wildman–Crippen LogP) is 4.83. The van der Waals surface area contributed by atoms with Crippen molar-refractivity contribution in [3.05, 3.63) is 69.9 Å². The third kappa shape index (κ3) is 4.47. The van der Waals surface area contributed by atoms with Gasteiger partial charge in [0.25, 0.3) is 0 Å². The number of aromatic nitrogens is 2. The molecule has 0 aliphatic carbocycles. The number of nitrogens with two attached hydrogens (primary N) is 1. The van der Waals surface area contributed by atoms with Gasteiger partial charge in [-0.2, -0.15) is 4.79 Å². The summed E-state index contributed by atoms with van der Waals surface area (Å²) in [5, 5.41) is 6.55. The standard InChI is InChI=1S/C21H21FN4O3S2/c1-13(2)17(23)18(27)26(19-24-25-20(30)31-19,16-11-7-6-10-15(16)22)21(28)29-12-14-8-4-3-5-9-14/h3-11,13,17H,12,23H2,1-2H3/p+1/t17-,26?/m0/s1. The van der Waals surface area contributed by atoms with Crippen molar-refractivity contribution >= 4 is 46.4 Å². The van der Waals surface area contributed by atoms with E-state index in [2.05, 4.69) is 10.2 Å². The Morgan fingerprint density at radius 2 is 1.84 bits per heavy atom. The molecule has 1 aromatic heterocycles. The minimum atomic E-state index is -1.27. The van der Waals surface area contributed by atoms with Gasteiger partial charge in [-0.1, -0.05) is 60.8 Å². The minimum absolute atomic E-state index is 0.0748. The smallest absolute Gasteiger partial charge is 0.414 e. The summed E-state index contributed by atoms with van der Waals surface area (Å²) < 4.78 is 19.5. The monoisotopic (exact) mass is 461 g/mol. The van der Waals surface area contributed by atoms with Gasteiger partial charge in [-0.15, -0.1) is 5.10 Å². The molecule has 10 heteroatoms. The SMILES string of the molecule is CC(C)[C@H](N)C(=O)[N+](C(=O)OCc1ccccc1)(c1n[nH]c(=S)s1)c1ccccc1F. The fraction of sp³-hybridized carbons (Fsp3) is 0.238. The number of carbonyl (C=O) groups is 2. The number of hydrogen-bond acceptors (Lipinski definition) is 7. The summed E-state index contributed by atoms with van der Waals surface area (Å²) in [6, 6.07) is 13.3. The second kappa shape index (κ2) is 9.56. The number of amides is 2. The highest BCUT2D eigenvalue weighted by Gasteiger charge is 2.57. The molecular weight excluding hydrogens is 439 g/mol. The summed E-state index contributed by atoms with van der Waals surface area (Å²) in [5.41, 5.74) is 6.64. The van der Waals surface area contributed by atoms with Crippen molar-refractivity contribution in [3.63, 3.8) is 0 Å². The first-order chi connectivity index (χ1) is 14.8. The van der Waals surface area contributed by atoms with Gasteiger partial charge in [0.1, 0.15) is 12.6 Å². The van der Waals surface area contributed by atoms with E-state index in [0.29, 0.717) is 5.56 Å². The average Bonchev–Trinajstić information content (AvgIpc) is 3.20. The summed E-state index contributed by atoms with van der Waals surface area (Å²) in [6.07, 6.45) is -1.02. The highest BCUT2D eigenvalue weighted by atomic mass is 32.1. The van der Waals surface area contributed by atoms with Crippen LogP contribution in [0.2, 0.25) is 0 Å². The molecule has 2 aromatic carbocycles. The van der Waals surface area contributed by atoms with Gasteiger partial charge in [0.15, 0.2) is 15.5 Å². The van der Waals surface area contributed by atoms with Gasteiger partial charge in [-0.05, 0) is 41.1 Å². The minimum Gasteiger partial charge on any atom is -0.414 e. The molecule has 7 nitrogen and oxygen atoms in total. The van der Waals surface area contributed by atoms with Gasteiger partial charge in [0.05, 0.1) is 0 Å². The zero-order valence-corrected chi connectivity index (χ0v) is 18.6. The molecular formula is C21H22FN4O3S2+. The van der Waals surface area contributed by atoms with E-state index in [-0.39, 0.29) is 27.3 Å². The molecule has 0 aliphatic heterocycles. The van der Waals surface area contributed by atoms with E-state index in [1.54, 1.807) is 38.1 Å². The Morgan fingerprint density at radius 1 is 1.19 bits per heavy atom. The molecule has 0 spiro atoms. The maximum atomic E-state index is 15.0. The third-order valence-corrected chi connectivity index (χ3v) is 5.91. The van der Waals surface area contributed by atoms with E-state index in [9.17, 15) is 9.59 Å². The zero-order valence-electron chi connectivity index (χ0n) is 16.9. The molecule has 2 amide bonds. The summed E-state index contributed by atoms with van der Waals surface area (Å²) >= 11 is 6.00. The summed E-state index contributed by atoms with van der Waals surface area (Å²) in [7, 11) is 0. The first-order valence-electron chi connectivity index (χ1n) is 9.50. The van der Waals surface area contributed by atoms with Crippen molar-refractivity contribution in [2.75, 3.05) is 0 Å². The first-order valence-corrected chi connectivity index (χ1v) is 10.7. The second-order valence-corrected chi connectivity index (χ2v) is 8.81. The molecule has 3 aromatic rings. The number of carbonyl (C=O) groups excluding carboxylic acids is 2. The highest BCUT2D eigenvalue weighted by molar-refractivity contribution is 7.73. The third-order valence-electron chi connectivity index (χ3n) is 4.74. The van der Waals surface area contributed by atoms with E-state index in [4.69, 9.17) is 22.7 Å². The molecule has 2 atom stereocenters. The van der Waals surface area contributed by atoms with Crippen LogP contribution in [-0.2, 0) is 16.1 Å². The number of halogens is 1. The molecule has 0 bridgehead atoms. The molecule has 3 N–H and O–H groups in total.